The third kappa shape index (κ3) is 8.50. The van der Waals surface area contributed by atoms with Gasteiger partial charge in [0.25, 0.3) is 0 Å². The summed E-state index contributed by atoms with van der Waals surface area (Å²) >= 11 is 6.75. The van der Waals surface area contributed by atoms with Gasteiger partial charge in [0.1, 0.15) is 11.5 Å². The number of urea groups is 2. The summed E-state index contributed by atoms with van der Waals surface area (Å²) < 4.78 is 1.49. The van der Waals surface area contributed by atoms with Crippen molar-refractivity contribution in [1.82, 2.24) is 0 Å². The van der Waals surface area contributed by atoms with E-state index in [-0.39, 0.29) is 11.5 Å². The fourth-order valence-corrected chi connectivity index (χ4v) is 4.88. The molecule has 0 radical (unpaired) electrons. The number of nitrogens with two attached hydrogens (primary N) is 1. The molecule has 0 unspecified atom stereocenters. The zero-order chi connectivity index (χ0) is 31.5. The fraction of sp³-hybridized carbons (Fsp3) is 0. The standard InChI is InChI=1S/C21H17BrN2O2.C13H11BrN2O2/c22-17-10-4-5-11-18(17)24(21(23)26)19-12-6-9-16(20(19)25)14-13-15-7-2-1-3-8-15;14-9-5-1-2-6-10(9)15-13(18)16-11-7-3-4-8-12(11)17/h1-14,25H,(H2,23,26);1-8,17H,(H2,15,16,18). The number of carbonyl (C=O) groups excluding carboxylic acids is 2. The number of hydrogen-bond donors (Lipinski definition) is 5. The van der Waals surface area contributed by atoms with Gasteiger partial charge in [-0.25, -0.2) is 9.59 Å². The summed E-state index contributed by atoms with van der Waals surface area (Å²) in [4.78, 5) is 25.1. The summed E-state index contributed by atoms with van der Waals surface area (Å²) in [6.07, 6.45) is 3.69. The number of halogens is 2. The van der Waals surface area contributed by atoms with Crippen LogP contribution in [0.25, 0.3) is 12.2 Å². The first kappa shape index (κ1) is 31.9. The van der Waals surface area contributed by atoms with E-state index in [1.54, 1.807) is 60.7 Å². The van der Waals surface area contributed by atoms with Crippen molar-refractivity contribution in [3.8, 4) is 11.5 Å². The third-order valence-corrected chi connectivity index (χ3v) is 7.49. The molecule has 0 spiro atoms. The second kappa shape index (κ2) is 15.4. The van der Waals surface area contributed by atoms with Crippen molar-refractivity contribution < 1.29 is 19.8 Å². The van der Waals surface area contributed by atoms with Gasteiger partial charge in [-0.15, -0.1) is 0 Å². The lowest BCUT2D eigenvalue weighted by Crippen LogP contribution is -2.31. The molecular weight excluding hydrogens is 688 g/mol. The minimum atomic E-state index is -0.684. The van der Waals surface area contributed by atoms with E-state index >= 15 is 0 Å². The van der Waals surface area contributed by atoms with Gasteiger partial charge in [0.2, 0.25) is 0 Å². The Morgan fingerprint density at radius 3 is 1.86 bits per heavy atom. The van der Waals surface area contributed by atoms with E-state index in [0.29, 0.717) is 32.8 Å². The first-order valence-electron chi connectivity index (χ1n) is 13.2. The van der Waals surface area contributed by atoms with E-state index in [9.17, 15) is 19.8 Å². The number of phenolic OH excluding ortho intramolecular Hbond substituents is 2. The molecule has 0 aliphatic carbocycles. The Morgan fingerprint density at radius 1 is 0.636 bits per heavy atom. The molecule has 0 saturated carbocycles. The molecule has 0 atom stereocenters. The molecule has 5 rings (SSSR count). The molecule has 4 amide bonds. The summed E-state index contributed by atoms with van der Waals surface area (Å²) in [7, 11) is 0. The molecule has 0 heterocycles. The van der Waals surface area contributed by atoms with Gasteiger partial charge >= 0.3 is 12.1 Å². The first-order valence-corrected chi connectivity index (χ1v) is 14.8. The van der Waals surface area contributed by atoms with Crippen molar-refractivity contribution in [2.75, 3.05) is 15.5 Å². The van der Waals surface area contributed by atoms with Crippen LogP contribution >= 0.6 is 31.9 Å². The molecule has 8 nitrogen and oxygen atoms in total. The molecule has 0 aliphatic rings. The van der Waals surface area contributed by atoms with Crippen molar-refractivity contribution in [2.45, 2.75) is 0 Å². The number of nitrogens with zero attached hydrogens (tertiary/aromatic N) is 1. The van der Waals surface area contributed by atoms with Crippen LogP contribution in [0.15, 0.2) is 130 Å². The second-order valence-electron chi connectivity index (χ2n) is 9.16. The maximum Gasteiger partial charge on any atom is 0.324 e. The summed E-state index contributed by atoms with van der Waals surface area (Å²) in [6, 6.07) is 34.9. The number of amides is 4. The van der Waals surface area contributed by atoms with E-state index < -0.39 is 12.1 Å². The van der Waals surface area contributed by atoms with Crippen molar-refractivity contribution >= 4 is 78.8 Å². The Labute approximate surface area is 271 Å². The molecule has 0 fully saturated rings. The van der Waals surface area contributed by atoms with Crippen LogP contribution in [0.3, 0.4) is 0 Å². The number of benzene rings is 5. The Hall–Kier alpha value is -5.06. The van der Waals surface area contributed by atoms with Crippen LogP contribution in [0.5, 0.6) is 11.5 Å². The number of primary amides is 1. The van der Waals surface area contributed by atoms with Crippen LogP contribution in [0.1, 0.15) is 11.1 Å². The van der Waals surface area contributed by atoms with E-state index in [2.05, 4.69) is 42.5 Å². The number of anilines is 4. The predicted octanol–water partition coefficient (Wildman–Crippen LogP) is 9.34. The van der Waals surface area contributed by atoms with Crippen LogP contribution in [0, 0.1) is 0 Å². The highest BCUT2D eigenvalue weighted by Gasteiger charge is 2.21. The van der Waals surface area contributed by atoms with Crippen molar-refractivity contribution in [1.29, 1.82) is 0 Å². The Balaban J connectivity index is 0.000000215. The van der Waals surface area contributed by atoms with Crippen molar-refractivity contribution in [2.24, 2.45) is 5.73 Å². The van der Waals surface area contributed by atoms with Crippen LogP contribution in [-0.4, -0.2) is 22.3 Å². The topological polar surface area (TPSA) is 128 Å². The van der Waals surface area contributed by atoms with Gasteiger partial charge in [-0.05, 0) is 79.9 Å². The summed E-state index contributed by atoms with van der Waals surface area (Å²) in [5, 5.41) is 25.5. The molecule has 5 aromatic carbocycles. The largest absolute Gasteiger partial charge is 0.506 e. The maximum absolute atomic E-state index is 12.1. The molecule has 10 heteroatoms. The van der Waals surface area contributed by atoms with Crippen molar-refractivity contribution in [3.05, 3.63) is 141 Å². The van der Waals surface area contributed by atoms with Crippen LogP contribution in [0.2, 0.25) is 0 Å². The number of nitrogens with one attached hydrogen (secondary N) is 2. The average Bonchev–Trinajstić information content (AvgIpc) is 3.01. The highest BCUT2D eigenvalue weighted by Crippen LogP contribution is 2.39. The molecule has 0 bridgehead atoms. The van der Waals surface area contributed by atoms with E-state index in [1.807, 2.05) is 66.7 Å². The first-order chi connectivity index (χ1) is 21.2. The lowest BCUT2D eigenvalue weighted by Gasteiger charge is -2.23. The maximum atomic E-state index is 12.1. The van der Waals surface area contributed by atoms with Gasteiger partial charge in [0.15, 0.2) is 0 Å². The van der Waals surface area contributed by atoms with Gasteiger partial charge in [0, 0.05) is 14.5 Å². The summed E-state index contributed by atoms with van der Waals surface area (Å²) in [5.41, 5.74) is 9.08. The molecule has 6 N–H and O–H groups in total. The molecule has 222 valence electrons. The summed E-state index contributed by atoms with van der Waals surface area (Å²) in [5.74, 6) is 0.00834. The fourth-order valence-electron chi connectivity index (χ4n) is 4.03. The predicted molar refractivity (Wildman–Crippen MR) is 184 cm³/mol. The van der Waals surface area contributed by atoms with Gasteiger partial charge in [-0.3, -0.25) is 4.90 Å². The number of para-hydroxylation sites is 5. The minimum Gasteiger partial charge on any atom is -0.506 e. The van der Waals surface area contributed by atoms with Crippen molar-refractivity contribution in [3.63, 3.8) is 0 Å². The Kier molecular flexibility index (Phi) is 11.2. The molecule has 0 aliphatic heterocycles. The molecule has 0 aromatic heterocycles. The number of aromatic hydroxyl groups is 2. The average molecular weight is 716 g/mol. The van der Waals surface area contributed by atoms with Gasteiger partial charge in [-0.2, -0.15) is 0 Å². The van der Waals surface area contributed by atoms with Gasteiger partial charge in [0.05, 0.1) is 22.7 Å². The molecule has 0 saturated heterocycles. The minimum absolute atomic E-state index is 0.0192. The highest BCUT2D eigenvalue weighted by atomic mass is 79.9. The molecule has 44 heavy (non-hydrogen) atoms. The SMILES string of the molecule is NC(=O)N(c1ccccc1Br)c1cccc(C=Cc2ccccc2)c1O.O=C(Nc1ccccc1O)Nc1ccccc1Br. The monoisotopic (exact) mass is 714 g/mol. The highest BCUT2D eigenvalue weighted by molar-refractivity contribution is 9.11. The lowest BCUT2D eigenvalue weighted by molar-refractivity contribution is 0.255. The normalized spacial score (nSPS) is 10.4. The zero-order valence-corrected chi connectivity index (χ0v) is 26.4. The van der Waals surface area contributed by atoms with Crippen LogP contribution in [-0.2, 0) is 0 Å². The van der Waals surface area contributed by atoms with E-state index in [1.165, 1.54) is 11.0 Å². The number of carbonyl (C=O) groups is 2. The zero-order valence-electron chi connectivity index (χ0n) is 23.2. The van der Waals surface area contributed by atoms with Gasteiger partial charge < -0.3 is 26.6 Å². The van der Waals surface area contributed by atoms with Crippen LogP contribution < -0.4 is 21.3 Å². The van der Waals surface area contributed by atoms with Gasteiger partial charge in [-0.1, -0.05) is 91.0 Å². The third-order valence-electron chi connectivity index (χ3n) is 6.13. The Morgan fingerprint density at radius 2 is 1.20 bits per heavy atom. The molecule has 5 aromatic rings. The number of rotatable bonds is 6. The van der Waals surface area contributed by atoms with E-state index in [4.69, 9.17) is 5.73 Å². The number of phenols is 2. The lowest BCUT2D eigenvalue weighted by atomic mass is 10.1. The Bertz CT molecular complexity index is 1730. The molecular formula is C34H28Br2N4O4. The van der Waals surface area contributed by atoms with Crippen LogP contribution in [0.4, 0.5) is 32.3 Å². The smallest absolute Gasteiger partial charge is 0.324 e. The summed E-state index contributed by atoms with van der Waals surface area (Å²) in [6.45, 7) is 0. The second-order valence-corrected chi connectivity index (χ2v) is 10.9. The number of hydrogen-bond acceptors (Lipinski definition) is 4. The quantitative estimate of drug-likeness (QED) is 0.0887. The van der Waals surface area contributed by atoms with E-state index in [0.717, 1.165) is 10.0 Å².